The van der Waals surface area contributed by atoms with E-state index in [1.165, 1.54) is 36.0 Å². The maximum atomic E-state index is 14.0. The van der Waals surface area contributed by atoms with Crippen molar-refractivity contribution in [2.75, 3.05) is 19.0 Å². The van der Waals surface area contributed by atoms with E-state index in [0.717, 1.165) is 38.5 Å². The number of nitrogens with one attached hydrogen (secondary N) is 1. The lowest BCUT2D eigenvalue weighted by atomic mass is 9.33. The average molecular weight is 753 g/mol. The molecule has 0 aromatic rings. The predicted molar refractivity (Wildman–Crippen MR) is 206 cm³/mol. The number of fused-ring (bicyclic) bond motifs is 8. The second kappa shape index (κ2) is 11.8. The number of nitrogens with zero attached hydrogens (tertiary/aromatic N) is 1. The van der Waals surface area contributed by atoms with Crippen molar-refractivity contribution in [2.24, 2.45) is 56.7 Å². The van der Waals surface area contributed by atoms with E-state index >= 15 is 0 Å². The Bertz CT molecular complexity index is 1800. The first-order chi connectivity index (χ1) is 24.7. The summed E-state index contributed by atoms with van der Waals surface area (Å²) in [6.45, 7) is 20.6. The number of carbonyl (C=O) groups is 2. The summed E-state index contributed by atoms with van der Waals surface area (Å²) in [5.74, 6) is 1.43. The Morgan fingerprint density at radius 1 is 0.943 bits per heavy atom. The summed E-state index contributed by atoms with van der Waals surface area (Å²) in [6.07, 6.45) is 16.4. The van der Waals surface area contributed by atoms with Gasteiger partial charge in [-0.1, -0.05) is 58.9 Å². The zero-order chi connectivity index (χ0) is 38.4. The van der Waals surface area contributed by atoms with Crippen molar-refractivity contribution < 1.29 is 27.5 Å². The lowest BCUT2D eigenvalue weighted by Gasteiger charge is -2.72. The standard InChI is InChI=1S/C44H65FN2O5S/c1-27(2)30-13-20-44(46-24-35(48)47-29-23-42(47,8)53(51,52)25-29)22-21-40(6)32(36(30)44)9-10-34-39(5)16-14-31(38(3,4)33(39)15-17-41(34,40)7)28-11-18-43(26-45,19-12-28)37(49)50/h11,14,29-30,32-34,36,46H,1,9-10,12-13,15-26H2,2-8H3,(H,49,50)/t29?,30-,32+,33?,34?,36?,39-,40+,41+,42?,43-,44-/m0/s1. The fourth-order valence-corrected chi connectivity index (χ4v) is 17.8. The molecule has 294 valence electrons. The molecule has 9 heteroatoms. The molecule has 7 nitrogen and oxygen atoms in total. The molecule has 53 heavy (non-hydrogen) atoms. The van der Waals surface area contributed by atoms with Crippen molar-refractivity contribution in [1.82, 2.24) is 10.2 Å². The number of sulfone groups is 1. The summed E-state index contributed by atoms with van der Waals surface area (Å²) in [6, 6.07) is -0.173. The molecule has 0 aromatic carbocycles. The summed E-state index contributed by atoms with van der Waals surface area (Å²) in [5.41, 5.74) is 2.84. The van der Waals surface area contributed by atoms with Gasteiger partial charge in [0.05, 0.1) is 23.8 Å². The predicted octanol–water partition coefficient (Wildman–Crippen LogP) is 8.42. The van der Waals surface area contributed by atoms with Gasteiger partial charge in [-0.3, -0.25) is 9.59 Å². The van der Waals surface area contributed by atoms with Crippen LogP contribution in [0.5, 0.6) is 0 Å². The number of carbonyl (C=O) groups excluding carboxylic acids is 1. The molecule has 2 bridgehead atoms. The maximum Gasteiger partial charge on any atom is 0.312 e. The number of rotatable bonds is 7. The molecule has 7 fully saturated rings. The van der Waals surface area contributed by atoms with Crippen LogP contribution in [0, 0.1) is 56.7 Å². The fraction of sp³-hybridized carbons (Fsp3) is 0.818. The normalized spacial score (nSPS) is 48.9. The third-order valence-electron chi connectivity index (χ3n) is 18.7. The molecule has 12 atom stereocenters. The van der Waals surface area contributed by atoms with E-state index in [-0.39, 0.29) is 57.9 Å². The van der Waals surface area contributed by atoms with E-state index in [9.17, 15) is 27.5 Å². The van der Waals surface area contributed by atoms with Crippen molar-refractivity contribution in [3.8, 4) is 0 Å². The number of carboxylic acid groups (broad SMARTS) is 1. The van der Waals surface area contributed by atoms with Gasteiger partial charge in [0.1, 0.15) is 11.5 Å². The van der Waals surface area contributed by atoms with Crippen LogP contribution in [0.1, 0.15) is 132 Å². The van der Waals surface area contributed by atoms with Gasteiger partial charge in [-0.2, -0.15) is 0 Å². The minimum Gasteiger partial charge on any atom is -0.481 e. The first-order valence-electron chi connectivity index (χ1n) is 20.8. The van der Waals surface area contributed by atoms with Crippen LogP contribution >= 0.6 is 0 Å². The molecule has 5 unspecified atom stereocenters. The van der Waals surface area contributed by atoms with Gasteiger partial charge in [0, 0.05) is 12.0 Å². The van der Waals surface area contributed by atoms with Gasteiger partial charge >= 0.3 is 5.97 Å². The highest BCUT2D eigenvalue weighted by Crippen LogP contribution is 2.76. The van der Waals surface area contributed by atoms with Gasteiger partial charge in [-0.25, -0.2) is 12.8 Å². The van der Waals surface area contributed by atoms with Gasteiger partial charge in [-0.15, -0.1) is 0 Å². The first kappa shape index (κ1) is 37.9. The van der Waals surface area contributed by atoms with E-state index in [4.69, 9.17) is 0 Å². The van der Waals surface area contributed by atoms with Crippen LogP contribution in [0.25, 0.3) is 0 Å². The van der Waals surface area contributed by atoms with Crippen molar-refractivity contribution in [1.29, 1.82) is 0 Å². The zero-order valence-corrected chi connectivity index (χ0v) is 34.3. The van der Waals surface area contributed by atoms with Crippen molar-refractivity contribution in [2.45, 2.75) is 148 Å². The smallest absolute Gasteiger partial charge is 0.312 e. The van der Waals surface area contributed by atoms with E-state index < -0.39 is 32.8 Å². The molecule has 3 aliphatic heterocycles. The number of hydrogen-bond donors (Lipinski definition) is 2. The van der Waals surface area contributed by atoms with E-state index in [1.807, 2.05) is 0 Å². The van der Waals surface area contributed by atoms with Crippen molar-refractivity contribution in [3.63, 3.8) is 0 Å². The molecule has 0 spiro atoms. The van der Waals surface area contributed by atoms with Crippen molar-refractivity contribution in [3.05, 3.63) is 35.5 Å². The van der Waals surface area contributed by atoms with Crippen LogP contribution in [-0.4, -0.2) is 65.7 Å². The summed E-state index contributed by atoms with van der Waals surface area (Å²) in [5, 5.41) is 13.7. The third kappa shape index (κ3) is 4.80. The van der Waals surface area contributed by atoms with E-state index in [0.29, 0.717) is 48.9 Å². The second-order valence-corrected chi connectivity index (χ2v) is 23.4. The Hall–Kier alpha value is -2.00. The number of carboxylic acids is 1. The summed E-state index contributed by atoms with van der Waals surface area (Å²) < 4.78 is 39.6. The summed E-state index contributed by atoms with van der Waals surface area (Å²) >= 11 is 0. The Balaban J connectivity index is 1.06. The quantitative estimate of drug-likeness (QED) is 0.253. The molecule has 4 saturated carbocycles. The summed E-state index contributed by atoms with van der Waals surface area (Å²) in [7, 11) is -3.28. The number of amides is 1. The first-order valence-corrected chi connectivity index (χ1v) is 22.5. The Morgan fingerprint density at radius 3 is 2.26 bits per heavy atom. The minimum atomic E-state index is -3.28. The molecule has 3 saturated heterocycles. The second-order valence-electron chi connectivity index (χ2n) is 21.0. The number of alkyl halides is 1. The molecule has 3 heterocycles. The van der Waals surface area contributed by atoms with Crippen LogP contribution in [-0.2, 0) is 19.4 Å². The molecule has 1 amide bonds. The molecular formula is C44H65FN2O5S. The molecule has 0 radical (unpaired) electrons. The highest BCUT2D eigenvalue weighted by Gasteiger charge is 2.71. The lowest BCUT2D eigenvalue weighted by Crippen LogP contribution is -2.69. The summed E-state index contributed by atoms with van der Waals surface area (Å²) in [4.78, 5) is 26.4. The van der Waals surface area contributed by atoms with Crippen LogP contribution in [0.3, 0.4) is 0 Å². The maximum absolute atomic E-state index is 14.0. The average Bonchev–Trinajstić information content (AvgIpc) is 3.65. The van der Waals surface area contributed by atoms with Gasteiger partial charge in [0.25, 0.3) is 0 Å². The Morgan fingerprint density at radius 2 is 1.68 bits per heavy atom. The molecule has 9 aliphatic rings. The van der Waals surface area contributed by atoms with E-state index in [1.54, 1.807) is 11.8 Å². The van der Waals surface area contributed by atoms with Crippen LogP contribution in [0.2, 0.25) is 0 Å². The van der Waals surface area contributed by atoms with Crippen LogP contribution in [0.4, 0.5) is 4.39 Å². The lowest BCUT2D eigenvalue weighted by molar-refractivity contribution is -0.221. The van der Waals surface area contributed by atoms with Crippen molar-refractivity contribution >= 4 is 21.7 Å². The largest absolute Gasteiger partial charge is 0.481 e. The molecular weight excluding hydrogens is 688 g/mol. The Labute approximate surface area is 318 Å². The highest BCUT2D eigenvalue weighted by atomic mass is 32.2. The number of halogens is 1. The third-order valence-corrected chi connectivity index (χ3v) is 21.3. The Kier molecular flexibility index (Phi) is 8.42. The van der Waals surface area contributed by atoms with Gasteiger partial charge in [-0.05, 0) is 153 Å². The van der Waals surface area contributed by atoms with Gasteiger partial charge < -0.3 is 15.3 Å². The minimum absolute atomic E-state index is 0.0577. The zero-order valence-electron chi connectivity index (χ0n) is 33.5. The number of hydrogen-bond acceptors (Lipinski definition) is 5. The monoisotopic (exact) mass is 752 g/mol. The van der Waals surface area contributed by atoms with Gasteiger partial charge in [0.2, 0.25) is 5.91 Å². The number of allylic oxidation sites excluding steroid dienone is 5. The van der Waals surface area contributed by atoms with E-state index in [2.05, 4.69) is 65.6 Å². The molecule has 2 N–H and O–H groups in total. The van der Waals surface area contributed by atoms with Crippen LogP contribution < -0.4 is 5.32 Å². The van der Waals surface area contributed by atoms with Gasteiger partial charge in [0.15, 0.2) is 9.84 Å². The van der Waals surface area contributed by atoms with Crippen LogP contribution in [0.15, 0.2) is 35.5 Å². The number of aliphatic carboxylic acids is 1. The SMILES string of the molecule is C=C(C)[C@@H]1CC[C@]2(NCC(=O)N3C4CC3(C)S(=O)(=O)C4)CC[C@]3(C)[C@H](CCC4[C@@]5(C)CC=C(C6=CC[C@](CF)(C(=O)O)CC6)C(C)(C)C5CC[C@]43C)C12. The topological polar surface area (TPSA) is 104 Å². The highest BCUT2D eigenvalue weighted by molar-refractivity contribution is 7.93. The fourth-order valence-electron chi connectivity index (χ4n) is 15.7. The molecule has 6 aliphatic carbocycles. The molecule has 0 aromatic heterocycles. The molecule has 9 rings (SSSR count).